The zero-order valence-electron chi connectivity index (χ0n) is 20.3. The summed E-state index contributed by atoms with van der Waals surface area (Å²) in [5.41, 5.74) is 4.68. The summed E-state index contributed by atoms with van der Waals surface area (Å²) in [4.78, 5) is 10.3. The quantitative estimate of drug-likeness (QED) is 0.271. The van der Waals surface area contributed by atoms with Crippen molar-refractivity contribution >= 4 is 22.5 Å². The molecular formula is C27H41N3S. The zero-order valence-corrected chi connectivity index (χ0v) is 21.1. The lowest BCUT2D eigenvalue weighted by Crippen LogP contribution is -2.34. The van der Waals surface area contributed by atoms with Crippen LogP contribution in [-0.2, 0) is 0 Å². The van der Waals surface area contributed by atoms with Gasteiger partial charge < -0.3 is 9.80 Å². The molecule has 4 rings (SSSR count). The van der Waals surface area contributed by atoms with Gasteiger partial charge in [0.25, 0.3) is 0 Å². The van der Waals surface area contributed by atoms with E-state index in [9.17, 15) is 0 Å². The van der Waals surface area contributed by atoms with E-state index in [1.54, 1.807) is 0 Å². The second-order valence-electron chi connectivity index (χ2n) is 10.7. The Morgan fingerprint density at radius 3 is 2.48 bits per heavy atom. The smallest absolute Gasteiger partial charge is 0.102 e. The maximum atomic E-state index is 5.25. The molecule has 1 aromatic carbocycles. The zero-order chi connectivity index (χ0) is 22.1. The van der Waals surface area contributed by atoms with Crippen LogP contribution in [0.3, 0.4) is 0 Å². The van der Waals surface area contributed by atoms with Gasteiger partial charge in [-0.15, -0.1) is 11.8 Å². The normalized spacial score (nSPS) is 28.4. The summed E-state index contributed by atoms with van der Waals surface area (Å²) in [5.74, 6) is 1.75. The molecule has 2 unspecified atom stereocenters. The largest absolute Gasteiger partial charge is 0.380 e. The summed E-state index contributed by atoms with van der Waals surface area (Å²) in [5, 5.41) is 1.27. The number of aliphatic imine (C=N–C) groups is 1. The Hall–Kier alpha value is -1.26. The van der Waals surface area contributed by atoms with Gasteiger partial charge in [-0.05, 0) is 75.2 Å². The van der Waals surface area contributed by atoms with Gasteiger partial charge in [-0.1, -0.05) is 45.4 Å². The Labute approximate surface area is 194 Å². The molecule has 4 heteroatoms. The number of nitrogens with zero attached hydrogens (tertiary/aromatic N) is 3. The van der Waals surface area contributed by atoms with Crippen molar-refractivity contribution in [2.45, 2.75) is 59.3 Å². The minimum absolute atomic E-state index is 0.238. The highest BCUT2D eigenvalue weighted by molar-refractivity contribution is 8.14. The first kappa shape index (κ1) is 22.9. The maximum absolute atomic E-state index is 5.25. The van der Waals surface area contributed by atoms with Crippen LogP contribution >= 0.6 is 11.8 Å². The average Bonchev–Trinajstić information content (AvgIpc) is 3.09. The van der Waals surface area contributed by atoms with Crippen LogP contribution in [0.5, 0.6) is 0 Å². The summed E-state index contributed by atoms with van der Waals surface area (Å²) in [6.07, 6.45) is 7.99. The molecule has 1 aromatic rings. The van der Waals surface area contributed by atoms with E-state index in [1.807, 2.05) is 11.8 Å². The Balaban J connectivity index is 1.60. The van der Waals surface area contributed by atoms with Crippen molar-refractivity contribution in [1.82, 2.24) is 9.80 Å². The van der Waals surface area contributed by atoms with Crippen LogP contribution in [0, 0.1) is 16.7 Å². The molecule has 1 saturated heterocycles. The molecule has 170 valence electrons. The van der Waals surface area contributed by atoms with E-state index in [4.69, 9.17) is 4.99 Å². The third-order valence-corrected chi connectivity index (χ3v) is 9.40. The van der Waals surface area contributed by atoms with Gasteiger partial charge in [-0.25, -0.2) is 4.99 Å². The Bertz CT molecular complexity index is 820. The lowest BCUT2D eigenvalue weighted by molar-refractivity contribution is 0.145. The number of para-hydroxylation sites is 1. The summed E-state index contributed by atoms with van der Waals surface area (Å²) in [7, 11) is 4.47. The predicted molar refractivity (Wildman–Crippen MR) is 136 cm³/mol. The van der Waals surface area contributed by atoms with Crippen LogP contribution < -0.4 is 0 Å². The van der Waals surface area contributed by atoms with Crippen LogP contribution in [0.25, 0.3) is 0 Å². The minimum atomic E-state index is 0.238. The second-order valence-corrected chi connectivity index (χ2v) is 11.7. The van der Waals surface area contributed by atoms with Crippen molar-refractivity contribution in [1.29, 1.82) is 0 Å². The molecule has 0 spiro atoms. The van der Waals surface area contributed by atoms with Gasteiger partial charge in [0.1, 0.15) is 5.04 Å². The summed E-state index contributed by atoms with van der Waals surface area (Å²) < 4.78 is 0. The molecule has 0 amide bonds. The monoisotopic (exact) mass is 439 g/mol. The Morgan fingerprint density at radius 2 is 1.81 bits per heavy atom. The highest BCUT2D eigenvalue weighted by Gasteiger charge is 2.62. The van der Waals surface area contributed by atoms with E-state index >= 15 is 0 Å². The third kappa shape index (κ3) is 4.35. The topological polar surface area (TPSA) is 18.8 Å². The molecule has 0 N–H and O–H groups in total. The van der Waals surface area contributed by atoms with Gasteiger partial charge in [0.2, 0.25) is 0 Å². The highest BCUT2D eigenvalue weighted by atomic mass is 32.2. The molecule has 2 atom stereocenters. The number of fused-ring (bicyclic) bond motifs is 2. The molecule has 3 nitrogen and oxygen atoms in total. The molecule has 2 bridgehead atoms. The lowest BCUT2D eigenvalue weighted by Gasteiger charge is -2.39. The number of rotatable bonds is 7. The van der Waals surface area contributed by atoms with Crippen molar-refractivity contribution in [3.63, 3.8) is 0 Å². The lowest BCUT2D eigenvalue weighted by atomic mass is 9.69. The van der Waals surface area contributed by atoms with Gasteiger partial charge >= 0.3 is 0 Å². The van der Waals surface area contributed by atoms with Crippen LogP contribution in [-0.4, -0.2) is 54.3 Å². The second kappa shape index (κ2) is 9.31. The first-order chi connectivity index (χ1) is 14.8. The van der Waals surface area contributed by atoms with Crippen molar-refractivity contribution in [2.24, 2.45) is 21.7 Å². The maximum Gasteiger partial charge on any atom is 0.102 e. The van der Waals surface area contributed by atoms with Gasteiger partial charge in [0.05, 0.1) is 5.69 Å². The van der Waals surface area contributed by atoms with Crippen molar-refractivity contribution in [3.05, 3.63) is 41.6 Å². The molecule has 2 fully saturated rings. The van der Waals surface area contributed by atoms with Gasteiger partial charge in [0.15, 0.2) is 0 Å². The molecular weight excluding hydrogens is 398 g/mol. The van der Waals surface area contributed by atoms with Gasteiger partial charge in [0, 0.05) is 36.5 Å². The first-order valence-electron chi connectivity index (χ1n) is 12.3. The Morgan fingerprint density at radius 1 is 1.10 bits per heavy atom. The standard InChI is InChI=1S/C27H41N3S/c1-26(2)22-15-16-27(26,3)24(29(4)5)23(22)25(28-21-13-8-6-9-14-21)31-20-12-19-30-17-10-7-11-18-30/h6,8-9,13-14,22H,7,10-12,15-20H2,1-5H3. The van der Waals surface area contributed by atoms with Crippen LogP contribution in [0.1, 0.15) is 59.3 Å². The van der Waals surface area contributed by atoms with E-state index in [0.717, 1.165) is 11.4 Å². The van der Waals surface area contributed by atoms with Crippen LogP contribution in [0.2, 0.25) is 0 Å². The summed E-state index contributed by atoms with van der Waals surface area (Å²) in [6.45, 7) is 11.3. The van der Waals surface area contributed by atoms with Crippen molar-refractivity contribution in [3.8, 4) is 0 Å². The third-order valence-electron chi connectivity index (χ3n) is 8.32. The van der Waals surface area contributed by atoms with E-state index in [0.29, 0.717) is 5.92 Å². The minimum Gasteiger partial charge on any atom is -0.380 e. The number of hydrogen-bond donors (Lipinski definition) is 0. The van der Waals surface area contributed by atoms with Crippen molar-refractivity contribution < 1.29 is 0 Å². The van der Waals surface area contributed by atoms with Gasteiger partial charge in [-0.2, -0.15) is 0 Å². The van der Waals surface area contributed by atoms with Crippen LogP contribution in [0.4, 0.5) is 5.69 Å². The summed E-state index contributed by atoms with van der Waals surface area (Å²) in [6, 6.07) is 10.6. The number of hydrogen-bond acceptors (Lipinski definition) is 4. The molecule has 1 aliphatic heterocycles. The molecule has 1 heterocycles. The molecule has 3 aliphatic rings. The van der Waals surface area contributed by atoms with Crippen molar-refractivity contribution in [2.75, 3.05) is 39.5 Å². The summed E-state index contributed by atoms with van der Waals surface area (Å²) >= 11 is 2.00. The fourth-order valence-corrected chi connectivity index (χ4v) is 7.34. The fourth-order valence-electron chi connectivity index (χ4n) is 6.31. The predicted octanol–water partition coefficient (Wildman–Crippen LogP) is 6.60. The molecule has 2 aliphatic carbocycles. The molecule has 0 radical (unpaired) electrons. The number of piperidine rings is 1. The molecule has 31 heavy (non-hydrogen) atoms. The average molecular weight is 440 g/mol. The number of benzene rings is 1. The van der Waals surface area contributed by atoms with E-state index in [2.05, 4.69) is 75.0 Å². The van der Waals surface area contributed by atoms with Gasteiger partial charge in [-0.3, -0.25) is 0 Å². The van der Waals surface area contributed by atoms with E-state index in [-0.39, 0.29) is 10.8 Å². The molecule has 0 aromatic heterocycles. The first-order valence-corrected chi connectivity index (χ1v) is 13.2. The Kier molecular flexibility index (Phi) is 6.88. The number of thioether (sulfide) groups is 1. The fraction of sp³-hybridized carbons (Fsp3) is 0.667. The SMILES string of the molecule is CN(C)C1=C(C(=Nc2ccccc2)SCCCN2CCCCC2)C2CCC1(C)C2(C)C. The number of allylic oxidation sites excluding steroid dienone is 1. The number of likely N-dealkylation sites (tertiary alicyclic amines) is 1. The van der Waals surface area contributed by atoms with Crippen LogP contribution in [0.15, 0.2) is 46.6 Å². The van der Waals surface area contributed by atoms with E-state index in [1.165, 1.54) is 74.5 Å². The highest BCUT2D eigenvalue weighted by Crippen LogP contribution is 2.68. The molecule has 1 saturated carbocycles. The van der Waals surface area contributed by atoms with E-state index < -0.39 is 0 Å².